The molecule has 0 amide bonds. The Labute approximate surface area is 99.2 Å². The molecule has 1 aliphatic rings. The average molecular weight is 246 g/mol. The number of hydrogen-bond donors (Lipinski definition) is 2. The first-order valence-corrected chi connectivity index (χ1v) is 5.72. The number of aryl methyl sites for hydroxylation is 1. The zero-order valence-electron chi connectivity index (χ0n) is 9.19. The van der Waals surface area contributed by atoms with Crippen LogP contribution in [0.1, 0.15) is 29.7 Å². The molecule has 2 heterocycles. The summed E-state index contributed by atoms with van der Waals surface area (Å²) < 4.78 is 1.87. The van der Waals surface area contributed by atoms with Gasteiger partial charge in [0.25, 0.3) is 0 Å². The molecule has 0 spiro atoms. The third-order valence-electron chi connectivity index (χ3n) is 2.26. The van der Waals surface area contributed by atoms with Crippen molar-refractivity contribution >= 4 is 17.6 Å². The Morgan fingerprint density at radius 3 is 3.00 bits per heavy atom. The van der Waals surface area contributed by atoms with E-state index in [2.05, 4.69) is 4.98 Å². The largest absolute Gasteiger partial charge is 0.476 e. The van der Waals surface area contributed by atoms with Crippen molar-refractivity contribution in [3.63, 3.8) is 0 Å². The number of nitrogens with two attached hydrogens (primary N) is 1. The van der Waals surface area contributed by atoms with E-state index < -0.39 is 5.97 Å². The summed E-state index contributed by atoms with van der Waals surface area (Å²) in [4.78, 5) is 14.6. The van der Waals surface area contributed by atoms with Gasteiger partial charge in [0.1, 0.15) is 5.82 Å². The first kappa shape index (κ1) is 13.0. The van der Waals surface area contributed by atoms with Crippen molar-refractivity contribution in [2.45, 2.75) is 32.4 Å². The van der Waals surface area contributed by atoms with Crippen molar-refractivity contribution in [3.05, 3.63) is 17.7 Å². The molecule has 0 aliphatic carbocycles. The van der Waals surface area contributed by atoms with Gasteiger partial charge in [0.15, 0.2) is 5.69 Å². The molecule has 16 heavy (non-hydrogen) atoms. The van der Waals surface area contributed by atoms with Crippen LogP contribution in [-0.2, 0) is 13.0 Å². The van der Waals surface area contributed by atoms with E-state index >= 15 is 0 Å². The predicted octanol–water partition coefficient (Wildman–Crippen LogP) is 1.10. The number of alkyl halides is 1. The minimum Gasteiger partial charge on any atom is -0.476 e. The highest BCUT2D eigenvalue weighted by Crippen LogP contribution is 2.13. The van der Waals surface area contributed by atoms with Crippen LogP contribution in [0.4, 0.5) is 0 Å². The number of nitrogens with zero attached hydrogens (tertiary/aromatic N) is 2. The van der Waals surface area contributed by atoms with Gasteiger partial charge in [0.05, 0.1) is 0 Å². The molecule has 1 unspecified atom stereocenters. The second-order valence-electron chi connectivity index (χ2n) is 3.56. The Bertz CT molecular complexity index is 365. The molecule has 6 heteroatoms. The number of carbonyl (C=O) groups is 1. The summed E-state index contributed by atoms with van der Waals surface area (Å²) in [5, 5.41) is 8.69. The first-order valence-electron chi connectivity index (χ1n) is 5.19. The zero-order valence-corrected chi connectivity index (χ0v) is 9.94. The quantitative estimate of drug-likeness (QED) is 0.726. The van der Waals surface area contributed by atoms with Crippen molar-refractivity contribution in [2.24, 2.45) is 5.73 Å². The van der Waals surface area contributed by atoms with Gasteiger partial charge in [-0.3, -0.25) is 0 Å². The van der Waals surface area contributed by atoms with Gasteiger partial charge in [-0.15, -0.1) is 11.6 Å². The molecular weight excluding hydrogens is 230 g/mol. The maximum atomic E-state index is 10.6. The van der Waals surface area contributed by atoms with Gasteiger partial charge in [-0.1, -0.05) is 6.92 Å². The molecule has 1 aliphatic heterocycles. The van der Waals surface area contributed by atoms with Crippen LogP contribution < -0.4 is 5.73 Å². The van der Waals surface area contributed by atoms with E-state index in [4.69, 9.17) is 22.4 Å². The van der Waals surface area contributed by atoms with Crippen molar-refractivity contribution < 1.29 is 9.90 Å². The number of imidazole rings is 1. The maximum absolute atomic E-state index is 10.6. The van der Waals surface area contributed by atoms with Crippen molar-refractivity contribution in [2.75, 3.05) is 5.88 Å². The van der Waals surface area contributed by atoms with Gasteiger partial charge < -0.3 is 15.4 Å². The Morgan fingerprint density at radius 1 is 1.81 bits per heavy atom. The van der Waals surface area contributed by atoms with Crippen LogP contribution in [-0.4, -0.2) is 32.5 Å². The summed E-state index contributed by atoms with van der Waals surface area (Å²) in [6, 6.07) is 0.122. The van der Waals surface area contributed by atoms with Gasteiger partial charge in [-0.05, 0) is 6.42 Å². The molecule has 1 aromatic heterocycles. The van der Waals surface area contributed by atoms with Crippen LogP contribution in [0, 0.1) is 0 Å². The predicted molar refractivity (Wildman–Crippen MR) is 61.9 cm³/mol. The van der Waals surface area contributed by atoms with E-state index in [1.54, 1.807) is 6.20 Å². The summed E-state index contributed by atoms with van der Waals surface area (Å²) in [6.07, 6.45) is 3.14. The normalized spacial score (nSPS) is 18.3. The van der Waals surface area contributed by atoms with E-state index in [1.165, 1.54) is 0 Å². The Hall–Kier alpha value is -1.07. The lowest BCUT2D eigenvalue weighted by Gasteiger charge is -2.18. The van der Waals surface area contributed by atoms with Gasteiger partial charge in [-0.25, -0.2) is 9.78 Å². The van der Waals surface area contributed by atoms with Crippen LogP contribution >= 0.6 is 11.6 Å². The molecule has 2 rings (SSSR count). The van der Waals surface area contributed by atoms with E-state index in [0.29, 0.717) is 6.42 Å². The summed E-state index contributed by atoms with van der Waals surface area (Å²) in [7, 11) is 0. The van der Waals surface area contributed by atoms with E-state index in [0.717, 1.165) is 24.7 Å². The van der Waals surface area contributed by atoms with Crippen molar-refractivity contribution in [1.29, 1.82) is 0 Å². The van der Waals surface area contributed by atoms with E-state index in [9.17, 15) is 4.79 Å². The Morgan fingerprint density at radius 2 is 2.44 bits per heavy atom. The molecule has 0 saturated heterocycles. The summed E-state index contributed by atoms with van der Waals surface area (Å²) in [6.45, 7) is 2.67. The fourth-order valence-corrected chi connectivity index (χ4v) is 1.56. The Balaban J connectivity index is 0.000000386. The van der Waals surface area contributed by atoms with E-state index in [-0.39, 0.29) is 11.7 Å². The number of carboxylic acids is 1. The summed E-state index contributed by atoms with van der Waals surface area (Å²) in [5.74, 6) is 0.534. The number of halogens is 1. The zero-order chi connectivity index (χ0) is 12.1. The highest BCUT2D eigenvalue weighted by atomic mass is 35.5. The number of rotatable bonds is 1. The molecule has 0 fully saturated rings. The number of hydrogen-bond acceptors (Lipinski definition) is 3. The molecule has 3 N–H and O–H groups in total. The topological polar surface area (TPSA) is 81.1 Å². The van der Waals surface area contributed by atoms with Crippen LogP contribution in [0.25, 0.3) is 0 Å². The average Bonchev–Trinajstić information content (AvgIpc) is 2.61. The highest BCUT2D eigenvalue weighted by molar-refractivity contribution is 6.17. The van der Waals surface area contributed by atoms with Crippen LogP contribution in [0.5, 0.6) is 0 Å². The lowest BCUT2D eigenvalue weighted by Crippen LogP contribution is -2.30. The third-order valence-corrected chi connectivity index (χ3v) is 2.26. The van der Waals surface area contributed by atoms with Crippen molar-refractivity contribution in [3.8, 4) is 0 Å². The minimum atomic E-state index is -0.976. The second-order valence-corrected chi connectivity index (χ2v) is 4.10. The number of fused-ring (bicyclic) bond motifs is 1. The van der Waals surface area contributed by atoms with Crippen molar-refractivity contribution in [1.82, 2.24) is 9.55 Å². The van der Waals surface area contributed by atoms with Gasteiger partial charge >= 0.3 is 5.97 Å². The monoisotopic (exact) mass is 245 g/mol. The third kappa shape index (κ3) is 3.21. The molecule has 1 aromatic rings. The second kappa shape index (κ2) is 5.86. The smallest absolute Gasteiger partial charge is 0.356 e. The standard InChI is InChI=1S/C8H11N3O2.C2H5Cl/c9-5-1-2-11-4-6(8(12)13)10-7(11)3-5;1-2-3/h4-5H,1-3,9H2,(H,12,13);2H2,1H3. The van der Waals surface area contributed by atoms with Crippen LogP contribution in [0.15, 0.2) is 6.20 Å². The van der Waals surface area contributed by atoms with Crippen LogP contribution in [0.2, 0.25) is 0 Å². The number of aromatic carboxylic acids is 1. The lowest BCUT2D eigenvalue weighted by molar-refractivity contribution is 0.0691. The first-order chi connectivity index (χ1) is 7.58. The molecule has 5 nitrogen and oxygen atoms in total. The van der Waals surface area contributed by atoms with Gasteiger partial charge in [0, 0.05) is 31.1 Å². The fraction of sp³-hybridized carbons (Fsp3) is 0.600. The lowest BCUT2D eigenvalue weighted by atomic mass is 10.1. The fourth-order valence-electron chi connectivity index (χ4n) is 1.56. The van der Waals surface area contributed by atoms with E-state index in [1.807, 2.05) is 11.5 Å². The number of aromatic nitrogens is 2. The molecule has 0 bridgehead atoms. The summed E-state index contributed by atoms with van der Waals surface area (Å²) >= 11 is 5.00. The van der Waals surface area contributed by atoms with Gasteiger partial charge in [0.2, 0.25) is 0 Å². The highest BCUT2D eigenvalue weighted by Gasteiger charge is 2.19. The molecule has 0 saturated carbocycles. The molecular formula is C10H16ClN3O2. The maximum Gasteiger partial charge on any atom is 0.356 e. The summed E-state index contributed by atoms with van der Waals surface area (Å²) in [5.41, 5.74) is 5.85. The van der Waals surface area contributed by atoms with Crippen LogP contribution in [0.3, 0.4) is 0 Å². The SMILES string of the molecule is CCCl.NC1CCn2cc(C(=O)O)nc2C1. The Kier molecular flexibility index (Phi) is 4.76. The number of carboxylic acid groups (broad SMARTS) is 1. The molecule has 90 valence electrons. The minimum absolute atomic E-state index is 0.115. The molecule has 0 aromatic carbocycles. The molecule has 0 radical (unpaired) electrons. The van der Waals surface area contributed by atoms with Gasteiger partial charge in [-0.2, -0.15) is 0 Å². The molecule has 1 atom stereocenters.